The number of ketones is 1. The largest absolute Gasteiger partial charge is 0.461 e. The van der Waals surface area contributed by atoms with Crippen LogP contribution in [0.25, 0.3) is 0 Å². The van der Waals surface area contributed by atoms with Crippen molar-refractivity contribution in [2.24, 2.45) is 17.8 Å². The van der Waals surface area contributed by atoms with Crippen molar-refractivity contribution in [2.45, 2.75) is 39.4 Å². The highest BCUT2D eigenvalue weighted by molar-refractivity contribution is 6.09. The van der Waals surface area contributed by atoms with Gasteiger partial charge in [0.1, 0.15) is 12.2 Å². The van der Waals surface area contributed by atoms with Gasteiger partial charge in [-0.1, -0.05) is 36.3 Å². The van der Waals surface area contributed by atoms with Crippen molar-refractivity contribution < 1.29 is 23.9 Å². The van der Waals surface area contributed by atoms with E-state index in [1.54, 1.807) is 30.3 Å². The summed E-state index contributed by atoms with van der Waals surface area (Å²) in [6.45, 7) is 5.61. The second-order valence-corrected chi connectivity index (χ2v) is 7.71. The van der Waals surface area contributed by atoms with Crippen LogP contribution in [0.1, 0.15) is 37.6 Å². The van der Waals surface area contributed by atoms with Crippen molar-refractivity contribution >= 4 is 17.7 Å². The molecule has 3 aliphatic rings. The quantitative estimate of drug-likeness (QED) is 0.752. The summed E-state index contributed by atoms with van der Waals surface area (Å²) in [5.41, 5.74) is 2.97. The first kappa shape index (κ1) is 17.7. The van der Waals surface area contributed by atoms with E-state index < -0.39 is 18.2 Å². The molecule has 5 heteroatoms. The average molecular weight is 366 g/mol. The Bertz CT molecular complexity index is 879. The van der Waals surface area contributed by atoms with Crippen LogP contribution in [0.2, 0.25) is 0 Å². The van der Waals surface area contributed by atoms with Crippen LogP contribution < -0.4 is 0 Å². The molecule has 27 heavy (non-hydrogen) atoms. The van der Waals surface area contributed by atoms with Crippen LogP contribution >= 0.6 is 0 Å². The number of carbonyl (C=O) groups is 3. The second kappa shape index (κ2) is 6.48. The molecule has 1 aliphatic heterocycles. The van der Waals surface area contributed by atoms with Gasteiger partial charge in [-0.05, 0) is 32.1 Å². The molecule has 0 aromatic heterocycles. The van der Waals surface area contributed by atoms with Crippen molar-refractivity contribution in [1.82, 2.24) is 0 Å². The minimum Gasteiger partial charge on any atom is -0.461 e. The van der Waals surface area contributed by atoms with Crippen molar-refractivity contribution in [2.75, 3.05) is 0 Å². The lowest BCUT2D eigenvalue weighted by Crippen LogP contribution is -2.38. The number of hydrogen-bond donors (Lipinski definition) is 0. The molecule has 1 heterocycles. The Morgan fingerprint density at radius 2 is 1.85 bits per heavy atom. The fourth-order valence-electron chi connectivity index (χ4n) is 4.69. The number of carbonyl (C=O) groups excluding carboxylic acids is 3. The molecule has 140 valence electrons. The average Bonchev–Trinajstić information content (AvgIpc) is 3.05. The summed E-state index contributed by atoms with van der Waals surface area (Å²) in [7, 11) is 0. The summed E-state index contributed by atoms with van der Waals surface area (Å²) in [5.74, 6) is -1.65. The molecule has 0 amide bonds. The zero-order valence-electron chi connectivity index (χ0n) is 15.6. The fourth-order valence-corrected chi connectivity index (χ4v) is 4.69. The molecule has 1 aromatic rings. The van der Waals surface area contributed by atoms with E-state index in [0.29, 0.717) is 17.6 Å². The Hall–Kier alpha value is -2.69. The van der Waals surface area contributed by atoms with E-state index in [-0.39, 0.29) is 29.5 Å². The van der Waals surface area contributed by atoms with E-state index in [1.165, 1.54) is 0 Å². The van der Waals surface area contributed by atoms with Crippen molar-refractivity contribution in [3.63, 3.8) is 0 Å². The van der Waals surface area contributed by atoms with Gasteiger partial charge in [0, 0.05) is 23.8 Å². The molecule has 5 atom stereocenters. The number of fused-ring (bicyclic) bond motifs is 3. The zero-order chi connectivity index (χ0) is 19.3. The second-order valence-electron chi connectivity index (χ2n) is 7.71. The first-order chi connectivity index (χ1) is 12.9. The summed E-state index contributed by atoms with van der Waals surface area (Å²) >= 11 is 0. The zero-order valence-corrected chi connectivity index (χ0v) is 15.6. The van der Waals surface area contributed by atoms with Crippen LogP contribution in [0.4, 0.5) is 0 Å². The fraction of sp³-hybridized carbons (Fsp3) is 0.409. The van der Waals surface area contributed by atoms with Gasteiger partial charge in [0.25, 0.3) is 0 Å². The standard InChI is InChI=1S/C22H22O5/c1-11-9-15(23)17-12(2)10-16(26-22(25)14-7-5-4-6-8-14)19-13(3)21(24)27-20(19)18(11)17/h4-9,13,16,18-20H,10H2,1-3H3/t13-,16?,18+,19-,20-/m1/s1. The lowest BCUT2D eigenvalue weighted by molar-refractivity contribution is -0.144. The molecule has 0 bridgehead atoms. The molecule has 4 rings (SSSR count). The number of esters is 2. The van der Waals surface area contributed by atoms with Crippen molar-refractivity contribution in [3.05, 3.63) is 58.7 Å². The van der Waals surface area contributed by atoms with Crippen molar-refractivity contribution in [3.8, 4) is 0 Å². The van der Waals surface area contributed by atoms with Crippen LogP contribution in [-0.4, -0.2) is 29.9 Å². The van der Waals surface area contributed by atoms with Gasteiger partial charge in [-0.2, -0.15) is 0 Å². The van der Waals surface area contributed by atoms with E-state index >= 15 is 0 Å². The SMILES string of the molecule is CC1=CC(=O)C2=C(C)CC(OC(=O)c3ccccc3)[C@@H]3[C@H](OC(=O)[C@@H]3C)[C@@H]12. The maximum Gasteiger partial charge on any atom is 0.338 e. The molecule has 5 nitrogen and oxygen atoms in total. The Balaban J connectivity index is 1.71. The van der Waals surface area contributed by atoms with E-state index in [2.05, 4.69) is 0 Å². The Kier molecular flexibility index (Phi) is 4.25. The molecule has 1 saturated heterocycles. The minimum absolute atomic E-state index is 0.0283. The molecule has 1 unspecified atom stereocenters. The molecular weight excluding hydrogens is 344 g/mol. The summed E-state index contributed by atoms with van der Waals surface area (Å²) in [4.78, 5) is 37.5. The minimum atomic E-state index is -0.511. The van der Waals surface area contributed by atoms with Gasteiger partial charge in [0.15, 0.2) is 5.78 Å². The first-order valence-corrected chi connectivity index (χ1v) is 9.27. The summed E-state index contributed by atoms with van der Waals surface area (Å²) < 4.78 is 11.6. The van der Waals surface area contributed by atoms with Gasteiger partial charge in [0.05, 0.1) is 11.5 Å². The molecule has 0 spiro atoms. The molecular formula is C22H22O5. The predicted octanol–water partition coefficient (Wildman–Crippen LogP) is 3.26. The van der Waals surface area contributed by atoms with E-state index in [0.717, 1.165) is 11.1 Å². The summed E-state index contributed by atoms with van der Waals surface area (Å²) in [6, 6.07) is 8.80. The molecule has 0 radical (unpaired) electrons. The number of rotatable bonds is 2. The number of ether oxygens (including phenoxy) is 2. The van der Waals surface area contributed by atoms with Gasteiger partial charge >= 0.3 is 11.9 Å². The monoisotopic (exact) mass is 366 g/mol. The Labute approximate surface area is 158 Å². The lowest BCUT2D eigenvalue weighted by atomic mass is 9.79. The third kappa shape index (κ3) is 2.82. The third-order valence-corrected chi connectivity index (χ3v) is 6.00. The highest BCUT2D eigenvalue weighted by Gasteiger charge is 2.55. The molecule has 2 aliphatic carbocycles. The van der Waals surface area contributed by atoms with Gasteiger partial charge in [-0.25, -0.2) is 4.79 Å². The number of allylic oxidation sites excluding steroid dienone is 1. The van der Waals surface area contributed by atoms with E-state index in [9.17, 15) is 14.4 Å². The van der Waals surface area contributed by atoms with Crippen LogP contribution in [0.15, 0.2) is 53.1 Å². The lowest BCUT2D eigenvalue weighted by Gasteiger charge is -2.29. The molecule has 0 saturated carbocycles. The normalized spacial score (nSPS) is 32.4. The highest BCUT2D eigenvalue weighted by Crippen LogP contribution is 2.48. The predicted molar refractivity (Wildman–Crippen MR) is 97.8 cm³/mol. The van der Waals surface area contributed by atoms with Crippen LogP contribution in [0.3, 0.4) is 0 Å². The smallest absolute Gasteiger partial charge is 0.338 e. The Morgan fingerprint density at radius 3 is 2.56 bits per heavy atom. The van der Waals surface area contributed by atoms with Gasteiger partial charge in [0.2, 0.25) is 0 Å². The topological polar surface area (TPSA) is 69.7 Å². The van der Waals surface area contributed by atoms with Crippen LogP contribution in [0, 0.1) is 17.8 Å². The van der Waals surface area contributed by atoms with E-state index in [4.69, 9.17) is 9.47 Å². The Morgan fingerprint density at radius 1 is 1.15 bits per heavy atom. The molecule has 1 fully saturated rings. The van der Waals surface area contributed by atoms with Gasteiger partial charge in [-0.3, -0.25) is 9.59 Å². The maximum absolute atomic E-state index is 12.6. The van der Waals surface area contributed by atoms with Crippen molar-refractivity contribution in [1.29, 1.82) is 0 Å². The first-order valence-electron chi connectivity index (χ1n) is 9.27. The van der Waals surface area contributed by atoms with Crippen LogP contribution in [-0.2, 0) is 19.1 Å². The third-order valence-electron chi connectivity index (χ3n) is 6.00. The number of benzene rings is 1. The van der Waals surface area contributed by atoms with E-state index in [1.807, 2.05) is 26.8 Å². The molecule has 1 aromatic carbocycles. The van der Waals surface area contributed by atoms with Crippen LogP contribution in [0.5, 0.6) is 0 Å². The van der Waals surface area contributed by atoms with Gasteiger partial charge in [-0.15, -0.1) is 0 Å². The highest BCUT2D eigenvalue weighted by atomic mass is 16.6. The maximum atomic E-state index is 12.6. The van der Waals surface area contributed by atoms with Gasteiger partial charge < -0.3 is 9.47 Å². The number of hydrogen-bond acceptors (Lipinski definition) is 5. The summed E-state index contributed by atoms with van der Waals surface area (Å²) in [6.07, 6.45) is 1.08. The summed E-state index contributed by atoms with van der Waals surface area (Å²) in [5, 5.41) is 0. The molecule has 0 N–H and O–H groups in total.